The molecule has 198 valence electrons. The fraction of sp³-hybridized carbons (Fsp3) is 0.385. The molecule has 5 rings (SSSR count). The smallest absolute Gasteiger partial charge is 0.573 e. The highest BCUT2D eigenvalue weighted by Crippen LogP contribution is 2.52. The molecule has 3 aromatic rings. The number of fused-ring (bicyclic) bond motifs is 1. The molecule has 2 aliphatic rings. The summed E-state index contributed by atoms with van der Waals surface area (Å²) < 4.78 is 55.4. The van der Waals surface area contributed by atoms with Gasteiger partial charge in [-0.25, -0.2) is 14.2 Å². The van der Waals surface area contributed by atoms with Crippen LogP contribution in [0.4, 0.5) is 17.6 Å². The molecule has 0 spiro atoms. The van der Waals surface area contributed by atoms with Gasteiger partial charge in [0.2, 0.25) is 0 Å². The van der Waals surface area contributed by atoms with E-state index < -0.39 is 12.3 Å². The lowest BCUT2D eigenvalue weighted by molar-refractivity contribution is -0.274. The Labute approximate surface area is 211 Å². The van der Waals surface area contributed by atoms with Gasteiger partial charge in [-0.1, -0.05) is 35.7 Å². The van der Waals surface area contributed by atoms with Gasteiger partial charge in [-0.3, -0.25) is 4.90 Å². The maximum Gasteiger partial charge on any atom is 0.573 e. The van der Waals surface area contributed by atoms with Gasteiger partial charge in [-0.2, -0.15) is 0 Å². The van der Waals surface area contributed by atoms with Crippen LogP contribution < -0.4 is 4.74 Å². The van der Waals surface area contributed by atoms with Gasteiger partial charge in [-0.05, 0) is 41.7 Å². The highest BCUT2D eigenvalue weighted by Gasteiger charge is 2.52. The number of alkyl halides is 3. The summed E-state index contributed by atoms with van der Waals surface area (Å²) >= 11 is 0. The van der Waals surface area contributed by atoms with Crippen molar-refractivity contribution < 1.29 is 32.2 Å². The molecule has 1 saturated heterocycles. The van der Waals surface area contributed by atoms with E-state index in [1.54, 1.807) is 23.7 Å². The van der Waals surface area contributed by atoms with E-state index in [1.165, 1.54) is 36.8 Å². The molecule has 1 aliphatic heterocycles. The molecule has 0 amide bonds. The number of carbonyl (C=O) groups is 1. The summed E-state index contributed by atoms with van der Waals surface area (Å²) in [4.78, 5) is 16.1. The highest BCUT2D eigenvalue weighted by molar-refractivity contribution is 5.84. The number of aryl methyl sites for hydroxylation is 1. The number of ether oxygens (including phenoxy) is 1. The van der Waals surface area contributed by atoms with Gasteiger partial charge >= 0.3 is 12.3 Å². The first-order valence-corrected chi connectivity index (χ1v) is 11.7. The number of likely N-dealkylation sites (tertiary alicyclic amines) is 1. The third-order valence-electron chi connectivity index (χ3n) is 6.46. The van der Waals surface area contributed by atoms with Crippen molar-refractivity contribution >= 4 is 5.97 Å². The zero-order valence-corrected chi connectivity index (χ0v) is 20.1. The zero-order chi connectivity index (χ0) is 26.6. The van der Waals surface area contributed by atoms with Crippen molar-refractivity contribution in [2.45, 2.75) is 19.5 Å². The fourth-order valence-corrected chi connectivity index (χ4v) is 4.69. The van der Waals surface area contributed by atoms with Crippen LogP contribution in [0.1, 0.15) is 21.6 Å². The Morgan fingerprint density at radius 3 is 2.41 bits per heavy atom. The second-order valence-corrected chi connectivity index (χ2v) is 9.30. The first kappa shape index (κ1) is 26.6. The zero-order valence-electron chi connectivity index (χ0n) is 20.1. The van der Waals surface area contributed by atoms with Gasteiger partial charge in [0.25, 0.3) is 0 Å². The summed E-state index contributed by atoms with van der Waals surface area (Å²) in [5, 5.41) is 12.9. The average molecular weight is 520 g/mol. The number of hydrogen-bond acceptors (Lipinski definition) is 4. The minimum absolute atomic E-state index is 0.0810. The monoisotopic (exact) mass is 519 g/mol. The lowest BCUT2D eigenvalue weighted by Gasteiger charge is -2.24. The number of piperidine rings is 1. The van der Waals surface area contributed by atoms with Crippen LogP contribution in [0.15, 0.2) is 61.1 Å². The number of benzene rings is 2. The summed E-state index contributed by atoms with van der Waals surface area (Å²) in [6.07, 6.45) is -1.78. The molecular weight excluding hydrogens is 492 g/mol. The maximum atomic E-state index is 13.0. The molecule has 1 saturated carbocycles. The van der Waals surface area contributed by atoms with Crippen LogP contribution in [0.3, 0.4) is 0 Å². The van der Waals surface area contributed by atoms with Crippen molar-refractivity contribution in [2.24, 2.45) is 24.8 Å². The summed E-state index contributed by atoms with van der Waals surface area (Å²) in [6.45, 7) is 4.02. The number of hydrogen-bond donors (Lipinski definition) is 1. The summed E-state index contributed by atoms with van der Waals surface area (Å²) in [7, 11) is 1.72. The maximum absolute atomic E-state index is 13.0. The quantitative estimate of drug-likeness (QED) is 0.419. The highest BCUT2D eigenvalue weighted by atomic mass is 19.4. The molecule has 2 unspecified atom stereocenters. The first-order chi connectivity index (χ1) is 17.6. The Morgan fingerprint density at radius 2 is 1.84 bits per heavy atom. The Kier molecular flexibility index (Phi) is 8.13. The van der Waals surface area contributed by atoms with Crippen LogP contribution in [0.25, 0.3) is 5.32 Å². The minimum atomic E-state index is -4.68. The Hall–Kier alpha value is -3.44. The van der Waals surface area contributed by atoms with Crippen molar-refractivity contribution in [2.75, 3.05) is 19.6 Å². The Morgan fingerprint density at radius 1 is 1.14 bits per heavy atom. The van der Waals surface area contributed by atoms with Gasteiger partial charge in [-0.15, -0.1) is 26.3 Å². The van der Waals surface area contributed by atoms with E-state index in [0.29, 0.717) is 29.9 Å². The number of halogens is 4. The predicted molar refractivity (Wildman–Crippen MR) is 127 cm³/mol. The molecule has 2 heterocycles. The molecule has 37 heavy (non-hydrogen) atoms. The Balaban J connectivity index is 0.000000301. The molecule has 1 aromatic heterocycles. The second kappa shape index (κ2) is 11.3. The van der Waals surface area contributed by atoms with Gasteiger partial charge in [0, 0.05) is 32.9 Å². The van der Waals surface area contributed by atoms with E-state index in [9.17, 15) is 22.4 Å². The average Bonchev–Trinajstić information content (AvgIpc) is 3.14. The molecular formula is C26H27F4N4O3-. The standard InChI is InChI=1S/C21H21F4N2O.C5H6N2O2/c22-16-6-4-14(5-7-16)11-27-12-19-18(20(19)13-27)10-26-9-15-2-1-3-17(8-15)28-21(23,24)25;1-7-2-4(5(8)9)6-3-7/h1-8,18-20H,9-13H2;2-3H,1H3,(H,8,9)/q-1;. The number of carboxylic acid groups (broad SMARTS) is 1. The largest absolute Gasteiger partial charge is 0.658 e. The number of aromatic nitrogens is 2. The van der Waals surface area contributed by atoms with Crippen molar-refractivity contribution in [3.8, 4) is 5.75 Å². The summed E-state index contributed by atoms with van der Waals surface area (Å²) in [5.74, 6) is 0.438. The van der Waals surface area contributed by atoms with Gasteiger partial charge in [0.15, 0.2) is 5.69 Å². The van der Waals surface area contributed by atoms with Crippen molar-refractivity contribution in [1.82, 2.24) is 14.5 Å². The Bertz CT molecular complexity index is 1190. The molecule has 2 fully saturated rings. The molecule has 1 aliphatic carbocycles. The van der Waals surface area contributed by atoms with E-state index in [0.717, 1.165) is 31.7 Å². The number of carboxylic acids is 1. The first-order valence-electron chi connectivity index (χ1n) is 11.7. The number of imidazole rings is 1. The van der Waals surface area contributed by atoms with Crippen LogP contribution in [0, 0.1) is 23.6 Å². The summed E-state index contributed by atoms with van der Waals surface area (Å²) in [6, 6.07) is 12.6. The van der Waals surface area contributed by atoms with Crippen LogP contribution in [0.2, 0.25) is 0 Å². The number of aromatic carboxylic acids is 1. The molecule has 2 aromatic carbocycles. The predicted octanol–water partition coefficient (Wildman–Crippen LogP) is 5.09. The van der Waals surface area contributed by atoms with Crippen molar-refractivity contribution in [3.63, 3.8) is 0 Å². The van der Waals surface area contributed by atoms with E-state index in [-0.39, 0.29) is 17.3 Å². The van der Waals surface area contributed by atoms with Crippen LogP contribution in [0.5, 0.6) is 5.75 Å². The molecule has 11 heteroatoms. The van der Waals surface area contributed by atoms with Crippen LogP contribution in [-0.4, -0.2) is 51.5 Å². The number of nitrogens with zero attached hydrogens (tertiary/aromatic N) is 4. The summed E-state index contributed by atoms with van der Waals surface area (Å²) in [5.41, 5.74) is 1.91. The van der Waals surface area contributed by atoms with E-state index >= 15 is 0 Å². The fourth-order valence-electron chi connectivity index (χ4n) is 4.69. The molecule has 0 bridgehead atoms. The molecule has 0 radical (unpaired) electrons. The molecule has 1 N–H and O–H groups in total. The van der Waals surface area contributed by atoms with E-state index in [2.05, 4.69) is 19.9 Å². The van der Waals surface area contributed by atoms with E-state index in [1.807, 2.05) is 12.1 Å². The van der Waals surface area contributed by atoms with Crippen LogP contribution in [-0.2, 0) is 20.1 Å². The third-order valence-corrected chi connectivity index (χ3v) is 6.46. The third kappa shape index (κ3) is 7.77. The lowest BCUT2D eigenvalue weighted by atomic mass is 10.2. The van der Waals surface area contributed by atoms with Crippen LogP contribution >= 0.6 is 0 Å². The van der Waals surface area contributed by atoms with Gasteiger partial charge in [0.05, 0.1) is 6.33 Å². The normalized spacial score (nSPS) is 20.6. The van der Waals surface area contributed by atoms with E-state index in [4.69, 9.17) is 5.11 Å². The second-order valence-electron chi connectivity index (χ2n) is 9.30. The molecule has 2 atom stereocenters. The topological polar surface area (TPSA) is 81.7 Å². The SMILES string of the molecule is Cn1cnc(C(=O)O)c1.Fc1ccc(CN2CC3C(C[N-]Cc4cccc(OC(F)(F)F)c4)C3C2)cc1. The minimum Gasteiger partial charge on any atom is -0.658 e. The molecule has 7 nitrogen and oxygen atoms in total. The van der Waals surface area contributed by atoms with Gasteiger partial charge in [0.1, 0.15) is 11.6 Å². The number of rotatable bonds is 8. The van der Waals surface area contributed by atoms with Crippen molar-refractivity contribution in [3.05, 3.63) is 89.0 Å². The van der Waals surface area contributed by atoms with Crippen molar-refractivity contribution in [1.29, 1.82) is 0 Å². The lowest BCUT2D eigenvalue weighted by Crippen LogP contribution is -2.24. The van der Waals surface area contributed by atoms with Gasteiger partial charge < -0.3 is 19.7 Å².